The minimum Gasteiger partial charge on any atom is -0.300 e. The Morgan fingerprint density at radius 1 is 1.64 bits per heavy atom. The van der Waals surface area contributed by atoms with Crippen molar-refractivity contribution >= 4 is 0 Å². The summed E-state index contributed by atoms with van der Waals surface area (Å²) in [5.74, 6) is 5.61. The Kier molecular flexibility index (Phi) is 2.83. The maximum absolute atomic E-state index is 8.49. The number of rotatable bonds is 1. The van der Waals surface area contributed by atoms with E-state index in [1.807, 2.05) is 7.05 Å². The largest absolute Gasteiger partial charge is 0.300 e. The molecule has 0 radical (unpaired) electrons. The number of likely N-dealkylation sites (N-methyl/N-ethyl adjacent to an activating group) is 1. The van der Waals surface area contributed by atoms with Crippen LogP contribution in [0, 0.1) is 11.3 Å². The van der Waals surface area contributed by atoms with E-state index in [2.05, 4.69) is 11.0 Å². The second-order valence-electron chi connectivity index (χ2n) is 2.99. The van der Waals surface area contributed by atoms with Crippen LogP contribution in [0.3, 0.4) is 0 Å². The van der Waals surface area contributed by atoms with Crippen LogP contribution in [0.1, 0.15) is 6.42 Å². The molecule has 0 aromatic rings. The summed E-state index contributed by atoms with van der Waals surface area (Å²) in [6.07, 6.45) is 0.574. The molecule has 1 atom stereocenters. The first-order valence-electron chi connectivity index (χ1n) is 3.81. The highest BCUT2D eigenvalue weighted by atomic mass is 15.4. The predicted octanol–water partition coefficient (Wildman–Crippen LogP) is -0.610. The Balaban J connectivity index is 2.42. The fourth-order valence-corrected chi connectivity index (χ4v) is 1.30. The van der Waals surface area contributed by atoms with Gasteiger partial charge in [0.1, 0.15) is 0 Å². The lowest BCUT2D eigenvalue weighted by atomic mass is 10.1. The molecule has 0 bridgehead atoms. The molecule has 0 aliphatic carbocycles. The van der Waals surface area contributed by atoms with Crippen molar-refractivity contribution in [3.05, 3.63) is 0 Å². The molecule has 1 saturated heterocycles. The summed E-state index contributed by atoms with van der Waals surface area (Å²) in [6.45, 7) is 2.67. The summed E-state index contributed by atoms with van der Waals surface area (Å²) in [4.78, 5) is 2.19. The fraction of sp³-hybridized carbons (Fsp3) is 0.857. The summed E-state index contributed by atoms with van der Waals surface area (Å²) in [7, 11) is 2.04. The molecule has 1 heterocycles. The van der Waals surface area contributed by atoms with Gasteiger partial charge < -0.3 is 0 Å². The molecular formula is C7H14N4. The van der Waals surface area contributed by atoms with Crippen molar-refractivity contribution in [3.8, 4) is 6.07 Å². The number of hydrogen-bond acceptors (Lipinski definition) is 4. The third-order valence-corrected chi connectivity index (χ3v) is 2.14. The summed E-state index contributed by atoms with van der Waals surface area (Å²) in [5.41, 5.74) is 0. The minimum absolute atomic E-state index is 0.318. The molecule has 0 amide bonds. The minimum atomic E-state index is 0.318. The molecule has 0 saturated carbocycles. The second kappa shape index (κ2) is 3.67. The Morgan fingerprint density at radius 2 is 2.36 bits per heavy atom. The third kappa shape index (κ3) is 2.15. The maximum atomic E-state index is 8.49. The lowest BCUT2D eigenvalue weighted by molar-refractivity contribution is 0.0985. The van der Waals surface area contributed by atoms with E-state index in [0.29, 0.717) is 12.5 Å². The summed E-state index contributed by atoms with van der Waals surface area (Å²) in [6, 6.07) is 2.48. The molecular weight excluding hydrogens is 140 g/mol. The van der Waals surface area contributed by atoms with Crippen molar-refractivity contribution in [2.24, 2.45) is 5.84 Å². The van der Waals surface area contributed by atoms with E-state index in [4.69, 9.17) is 11.1 Å². The van der Waals surface area contributed by atoms with Crippen molar-refractivity contribution < 1.29 is 0 Å². The zero-order chi connectivity index (χ0) is 8.27. The monoisotopic (exact) mass is 154 g/mol. The van der Waals surface area contributed by atoms with Crippen LogP contribution in [0.4, 0.5) is 0 Å². The van der Waals surface area contributed by atoms with Gasteiger partial charge in [0.25, 0.3) is 0 Å². The molecule has 2 N–H and O–H groups in total. The van der Waals surface area contributed by atoms with Crippen LogP contribution in [0.2, 0.25) is 0 Å². The van der Waals surface area contributed by atoms with Gasteiger partial charge in [0.2, 0.25) is 0 Å². The molecule has 0 aromatic carbocycles. The maximum Gasteiger partial charge on any atom is 0.0638 e. The molecule has 4 heteroatoms. The van der Waals surface area contributed by atoms with Crippen LogP contribution in [0.5, 0.6) is 0 Å². The number of piperazine rings is 1. The van der Waals surface area contributed by atoms with Crippen LogP contribution in [-0.2, 0) is 0 Å². The van der Waals surface area contributed by atoms with Gasteiger partial charge in [0.05, 0.1) is 12.5 Å². The molecule has 1 aliphatic rings. The molecule has 1 unspecified atom stereocenters. The molecule has 62 valence electrons. The van der Waals surface area contributed by atoms with E-state index in [1.54, 1.807) is 5.01 Å². The number of nitrogens with two attached hydrogens (primary N) is 1. The molecule has 4 nitrogen and oxygen atoms in total. The van der Waals surface area contributed by atoms with Crippen LogP contribution in [0.15, 0.2) is 0 Å². The number of hydrogen-bond donors (Lipinski definition) is 1. The number of nitriles is 1. The first-order valence-corrected chi connectivity index (χ1v) is 3.81. The zero-order valence-electron chi connectivity index (χ0n) is 6.82. The van der Waals surface area contributed by atoms with Gasteiger partial charge in [-0.05, 0) is 7.05 Å². The van der Waals surface area contributed by atoms with E-state index in [-0.39, 0.29) is 0 Å². The highest BCUT2D eigenvalue weighted by Gasteiger charge is 2.21. The van der Waals surface area contributed by atoms with Gasteiger partial charge in [-0.15, -0.1) is 0 Å². The van der Waals surface area contributed by atoms with Gasteiger partial charge in [0.15, 0.2) is 0 Å². The summed E-state index contributed by atoms with van der Waals surface area (Å²) in [5, 5.41) is 10.3. The molecule has 11 heavy (non-hydrogen) atoms. The lowest BCUT2D eigenvalue weighted by Crippen LogP contribution is -2.53. The average molecular weight is 154 g/mol. The van der Waals surface area contributed by atoms with E-state index < -0.39 is 0 Å². The molecule has 0 aromatic heterocycles. The van der Waals surface area contributed by atoms with Crippen molar-refractivity contribution in [3.63, 3.8) is 0 Å². The Labute approximate surface area is 67.1 Å². The SMILES string of the molecule is CN1CCN(N)CC1CC#N. The van der Waals surface area contributed by atoms with E-state index in [0.717, 1.165) is 19.6 Å². The summed E-state index contributed by atoms with van der Waals surface area (Å²) >= 11 is 0. The molecule has 1 aliphatic heterocycles. The van der Waals surface area contributed by atoms with E-state index in [1.165, 1.54) is 0 Å². The first-order chi connectivity index (χ1) is 5.24. The van der Waals surface area contributed by atoms with Crippen LogP contribution in [-0.4, -0.2) is 42.6 Å². The predicted molar refractivity (Wildman–Crippen MR) is 42.4 cm³/mol. The van der Waals surface area contributed by atoms with Crippen molar-refractivity contribution in [2.75, 3.05) is 26.7 Å². The Bertz CT molecular complexity index is 162. The van der Waals surface area contributed by atoms with Crippen molar-refractivity contribution in [1.29, 1.82) is 5.26 Å². The number of hydrazine groups is 1. The van der Waals surface area contributed by atoms with Crippen LogP contribution < -0.4 is 5.84 Å². The second-order valence-corrected chi connectivity index (χ2v) is 2.99. The topological polar surface area (TPSA) is 56.3 Å². The quantitative estimate of drug-likeness (QED) is 0.512. The average Bonchev–Trinajstić information content (AvgIpc) is 1.98. The normalized spacial score (nSPS) is 28.3. The van der Waals surface area contributed by atoms with Crippen molar-refractivity contribution in [1.82, 2.24) is 9.91 Å². The Hall–Kier alpha value is -0.630. The third-order valence-electron chi connectivity index (χ3n) is 2.14. The fourth-order valence-electron chi connectivity index (χ4n) is 1.30. The van der Waals surface area contributed by atoms with Gasteiger partial charge in [-0.25, -0.2) is 5.01 Å². The van der Waals surface area contributed by atoms with Crippen molar-refractivity contribution in [2.45, 2.75) is 12.5 Å². The standard InChI is InChI=1S/C7H14N4/c1-10-4-5-11(9)6-7(10)2-3-8/h7H,2,4-6,9H2,1H3. The van der Waals surface area contributed by atoms with Gasteiger partial charge in [-0.2, -0.15) is 5.26 Å². The van der Waals surface area contributed by atoms with Gasteiger partial charge in [-0.3, -0.25) is 10.7 Å². The molecule has 1 rings (SSSR count). The highest BCUT2D eigenvalue weighted by molar-refractivity contribution is 4.85. The highest BCUT2D eigenvalue weighted by Crippen LogP contribution is 2.06. The van der Waals surface area contributed by atoms with Crippen LogP contribution >= 0.6 is 0 Å². The smallest absolute Gasteiger partial charge is 0.0638 e. The van der Waals surface area contributed by atoms with Gasteiger partial charge in [0, 0.05) is 25.7 Å². The van der Waals surface area contributed by atoms with E-state index in [9.17, 15) is 0 Å². The summed E-state index contributed by atoms with van der Waals surface area (Å²) < 4.78 is 0. The number of nitrogens with zero attached hydrogens (tertiary/aromatic N) is 3. The van der Waals surface area contributed by atoms with Gasteiger partial charge >= 0.3 is 0 Å². The first kappa shape index (κ1) is 8.47. The zero-order valence-corrected chi connectivity index (χ0v) is 6.82. The molecule has 1 fully saturated rings. The lowest BCUT2D eigenvalue weighted by Gasteiger charge is -2.35. The Morgan fingerprint density at radius 3 is 3.00 bits per heavy atom. The molecule has 0 spiro atoms. The van der Waals surface area contributed by atoms with E-state index >= 15 is 0 Å². The van der Waals surface area contributed by atoms with Crippen LogP contribution in [0.25, 0.3) is 0 Å². The van der Waals surface area contributed by atoms with Gasteiger partial charge in [-0.1, -0.05) is 0 Å².